The third-order valence-corrected chi connectivity index (χ3v) is 4.84. The SMILES string of the molecule is Cc1ccc2[nH]c3c(c2c1)CCCC3=NNC(N)=NCc1ccc(F)cc1. The lowest BCUT2D eigenvalue weighted by Crippen LogP contribution is -2.29. The van der Waals surface area contributed by atoms with Crippen molar-refractivity contribution in [2.75, 3.05) is 0 Å². The molecule has 1 heterocycles. The summed E-state index contributed by atoms with van der Waals surface area (Å²) in [5.41, 5.74) is 15.4. The number of fused-ring (bicyclic) bond motifs is 3. The number of hydrogen-bond acceptors (Lipinski definition) is 2. The van der Waals surface area contributed by atoms with Crippen molar-refractivity contribution in [2.24, 2.45) is 15.8 Å². The molecule has 1 aliphatic rings. The first kappa shape index (κ1) is 17.3. The first-order valence-corrected chi connectivity index (χ1v) is 9.08. The van der Waals surface area contributed by atoms with Gasteiger partial charge in [0.2, 0.25) is 5.96 Å². The Balaban J connectivity index is 1.52. The van der Waals surface area contributed by atoms with Crippen LogP contribution in [0, 0.1) is 12.7 Å². The number of halogens is 1. The summed E-state index contributed by atoms with van der Waals surface area (Å²) in [6, 6.07) is 12.7. The summed E-state index contributed by atoms with van der Waals surface area (Å²) >= 11 is 0. The van der Waals surface area contributed by atoms with Gasteiger partial charge in [-0.25, -0.2) is 14.8 Å². The number of H-pyrrole nitrogens is 1. The number of guanidine groups is 1. The predicted molar refractivity (Wildman–Crippen MR) is 107 cm³/mol. The van der Waals surface area contributed by atoms with E-state index < -0.39 is 0 Å². The molecule has 1 aromatic heterocycles. The minimum absolute atomic E-state index is 0.242. The quantitative estimate of drug-likeness (QED) is 0.376. The second-order valence-corrected chi connectivity index (χ2v) is 6.88. The van der Waals surface area contributed by atoms with E-state index in [1.165, 1.54) is 28.6 Å². The van der Waals surface area contributed by atoms with Crippen molar-refractivity contribution < 1.29 is 4.39 Å². The average Bonchev–Trinajstić information content (AvgIpc) is 3.04. The molecule has 138 valence electrons. The van der Waals surface area contributed by atoms with Gasteiger partial charge in [0.1, 0.15) is 5.82 Å². The molecule has 0 saturated heterocycles. The lowest BCUT2D eigenvalue weighted by molar-refractivity contribution is 0.627. The minimum Gasteiger partial charge on any atom is -0.369 e. The molecule has 27 heavy (non-hydrogen) atoms. The average molecular weight is 363 g/mol. The van der Waals surface area contributed by atoms with Crippen molar-refractivity contribution in [1.29, 1.82) is 0 Å². The topological polar surface area (TPSA) is 78.6 Å². The Morgan fingerprint density at radius 3 is 2.81 bits per heavy atom. The summed E-state index contributed by atoms with van der Waals surface area (Å²) < 4.78 is 12.9. The summed E-state index contributed by atoms with van der Waals surface area (Å²) in [5.74, 6) is -0.0206. The summed E-state index contributed by atoms with van der Waals surface area (Å²) in [6.45, 7) is 2.48. The molecule has 0 radical (unpaired) electrons. The van der Waals surface area contributed by atoms with Crippen LogP contribution in [0.2, 0.25) is 0 Å². The Labute approximate surface area is 157 Å². The number of aryl methyl sites for hydroxylation is 2. The molecule has 4 N–H and O–H groups in total. The summed E-state index contributed by atoms with van der Waals surface area (Å²) in [6.07, 6.45) is 2.99. The number of hydrazone groups is 1. The first-order valence-electron chi connectivity index (χ1n) is 9.08. The Morgan fingerprint density at radius 2 is 2.00 bits per heavy atom. The molecule has 2 aromatic carbocycles. The van der Waals surface area contributed by atoms with Crippen molar-refractivity contribution in [2.45, 2.75) is 32.7 Å². The molecule has 0 amide bonds. The number of nitrogens with two attached hydrogens (primary N) is 1. The molecular weight excluding hydrogens is 341 g/mol. The van der Waals surface area contributed by atoms with Gasteiger partial charge in [-0.05, 0) is 61.6 Å². The van der Waals surface area contributed by atoms with Crippen LogP contribution in [0.1, 0.15) is 35.2 Å². The molecule has 1 aliphatic carbocycles. The second-order valence-electron chi connectivity index (χ2n) is 6.88. The maximum absolute atomic E-state index is 12.9. The molecule has 4 rings (SSSR count). The van der Waals surface area contributed by atoms with Gasteiger partial charge in [-0.1, -0.05) is 23.8 Å². The van der Waals surface area contributed by atoms with E-state index in [0.717, 1.165) is 41.7 Å². The number of aromatic nitrogens is 1. The van der Waals surface area contributed by atoms with Gasteiger partial charge in [0, 0.05) is 10.9 Å². The van der Waals surface area contributed by atoms with Crippen molar-refractivity contribution in [3.63, 3.8) is 0 Å². The Morgan fingerprint density at radius 1 is 1.19 bits per heavy atom. The number of nitrogens with one attached hydrogen (secondary N) is 2. The van der Waals surface area contributed by atoms with E-state index in [9.17, 15) is 4.39 Å². The van der Waals surface area contributed by atoms with Crippen molar-refractivity contribution in [1.82, 2.24) is 10.4 Å². The van der Waals surface area contributed by atoms with Gasteiger partial charge in [0.05, 0.1) is 18.0 Å². The largest absolute Gasteiger partial charge is 0.369 e. The maximum Gasteiger partial charge on any atom is 0.209 e. The fraction of sp³-hybridized carbons (Fsp3) is 0.238. The van der Waals surface area contributed by atoms with E-state index in [1.807, 2.05) is 0 Å². The molecule has 0 fully saturated rings. The van der Waals surface area contributed by atoms with Crippen molar-refractivity contribution in [3.05, 3.63) is 70.7 Å². The van der Waals surface area contributed by atoms with Crippen LogP contribution < -0.4 is 11.2 Å². The normalized spacial score (nSPS) is 15.9. The lowest BCUT2D eigenvalue weighted by Gasteiger charge is -2.14. The third-order valence-electron chi connectivity index (χ3n) is 4.84. The number of rotatable bonds is 3. The number of benzene rings is 2. The molecule has 5 nitrogen and oxygen atoms in total. The zero-order valence-corrected chi connectivity index (χ0v) is 15.2. The highest BCUT2D eigenvalue weighted by atomic mass is 19.1. The van der Waals surface area contributed by atoms with Crippen molar-refractivity contribution >= 4 is 22.6 Å². The Bertz CT molecular complexity index is 1030. The van der Waals surface area contributed by atoms with E-state index in [1.54, 1.807) is 12.1 Å². The summed E-state index contributed by atoms with van der Waals surface area (Å²) in [7, 11) is 0. The van der Waals surface area contributed by atoms with Gasteiger partial charge in [-0.3, -0.25) is 0 Å². The molecule has 0 bridgehead atoms. The van der Waals surface area contributed by atoms with Gasteiger partial charge < -0.3 is 10.7 Å². The zero-order valence-electron chi connectivity index (χ0n) is 15.2. The van der Waals surface area contributed by atoms with E-state index in [2.05, 4.69) is 45.6 Å². The van der Waals surface area contributed by atoms with Gasteiger partial charge >= 0.3 is 0 Å². The Hall–Kier alpha value is -3.15. The fourth-order valence-corrected chi connectivity index (χ4v) is 3.46. The predicted octanol–water partition coefficient (Wildman–Crippen LogP) is 3.76. The summed E-state index contributed by atoms with van der Waals surface area (Å²) in [4.78, 5) is 7.76. The van der Waals surface area contributed by atoms with Crippen LogP contribution in [0.4, 0.5) is 4.39 Å². The molecule has 6 heteroatoms. The second kappa shape index (κ2) is 7.23. The van der Waals surface area contributed by atoms with Gasteiger partial charge in [-0.2, -0.15) is 5.10 Å². The Kier molecular flexibility index (Phi) is 4.62. The van der Waals surface area contributed by atoms with Crippen LogP contribution in [0.25, 0.3) is 10.9 Å². The zero-order chi connectivity index (χ0) is 18.8. The molecule has 0 aliphatic heterocycles. The monoisotopic (exact) mass is 363 g/mol. The van der Waals surface area contributed by atoms with E-state index in [4.69, 9.17) is 5.73 Å². The van der Waals surface area contributed by atoms with Crippen LogP contribution in [0.3, 0.4) is 0 Å². The van der Waals surface area contributed by atoms with E-state index >= 15 is 0 Å². The van der Waals surface area contributed by atoms with Gasteiger partial charge in [0.15, 0.2) is 0 Å². The smallest absolute Gasteiger partial charge is 0.209 e. The highest BCUT2D eigenvalue weighted by molar-refractivity contribution is 6.06. The molecule has 0 spiro atoms. The van der Waals surface area contributed by atoms with Crippen LogP contribution >= 0.6 is 0 Å². The number of nitrogens with zero attached hydrogens (tertiary/aromatic N) is 2. The molecule has 0 unspecified atom stereocenters. The van der Waals surface area contributed by atoms with E-state index in [0.29, 0.717) is 6.54 Å². The number of hydrogen-bond donors (Lipinski definition) is 3. The van der Waals surface area contributed by atoms with Crippen LogP contribution in [0.5, 0.6) is 0 Å². The number of aliphatic imine (C=N–C) groups is 1. The molecule has 3 aromatic rings. The van der Waals surface area contributed by atoms with Crippen LogP contribution in [-0.2, 0) is 13.0 Å². The molecular formula is C21H22FN5. The molecule has 0 saturated carbocycles. The van der Waals surface area contributed by atoms with E-state index in [-0.39, 0.29) is 11.8 Å². The first-order chi connectivity index (χ1) is 13.1. The maximum atomic E-state index is 12.9. The number of aromatic amines is 1. The fourth-order valence-electron chi connectivity index (χ4n) is 3.46. The third kappa shape index (κ3) is 3.69. The highest BCUT2D eigenvalue weighted by Gasteiger charge is 2.20. The summed E-state index contributed by atoms with van der Waals surface area (Å²) in [5, 5.41) is 5.76. The minimum atomic E-state index is -0.262. The van der Waals surface area contributed by atoms with Crippen molar-refractivity contribution in [3.8, 4) is 0 Å². The molecule has 0 atom stereocenters. The van der Waals surface area contributed by atoms with Crippen LogP contribution in [0.15, 0.2) is 52.6 Å². The van der Waals surface area contributed by atoms with Gasteiger partial charge in [0.25, 0.3) is 0 Å². The lowest BCUT2D eigenvalue weighted by atomic mass is 9.94. The highest BCUT2D eigenvalue weighted by Crippen LogP contribution is 2.29. The van der Waals surface area contributed by atoms with Crippen LogP contribution in [-0.4, -0.2) is 16.7 Å². The van der Waals surface area contributed by atoms with Gasteiger partial charge in [-0.15, -0.1) is 0 Å². The standard InChI is InChI=1S/C21H22FN5/c1-13-5-10-18-17(11-13)16-3-2-4-19(20(16)25-18)26-27-21(23)24-12-14-6-8-15(22)9-7-14/h5-11,25H,2-4,12H2,1H3,(H3,23,24,27).